The van der Waals surface area contributed by atoms with Gasteiger partial charge in [0.15, 0.2) is 0 Å². The number of amides is 1. The molecule has 0 aliphatic carbocycles. The molecule has 1 aromatic heterocycles. The van der Waals surface area contributed by atoms with Crippen LogP contribution in [0.3, 0.4) is 0 Å². The van der Waals surface area contributed by atoms with Crippen LogP contribution in [0.1, 0.15) is 24.8 Å². The van der Waals surface area contributed by atoms with Crippen molar-refractivity contribution < 1.29 is 9.53 Å². The van der Waals surface area contributed by atoms with Crippen LogP contribution in [0.15, 0.2) is 60.8 Å². The number of nitrogens with zero attached hydrogens (tertiary/aromatic N) is 3. The van der Waals surface area contributed by atoms with Gasteiger partial charge in [-0.05, 0) is 55.8 Å². The number of ether oxygens (including phenoxy) is 1. The lowest BCUT2D eigenvalue weighted by atomic mass is 10.00. The van der Waals surface area contributed by atoms with Gasteiger partial charge in [-0.1, -0.05) is 24.6 Å². The largest absolute Gasteiger partial charge is 0.497 e. The monoisotopic (exact) mass is 390 g/mol. The van der Waals surface area contributed by atoms with E-state index in [0.29, 0.717) is 6.54 Å². The van der Waals surface area contributed by atoms with E-state index in [-0.39, 0.29) is 11.9 Å². The molecular weight excluding hydrogens is 364 g/mol. The van der Waals surface area contributed by atoms with E-state index >= 15 is 0 Å². The van der Waals surface area contributed by atoms with Crippen molar-refractivity contribution in [1.29, 1.82) is 0 Å². The van der Waals surface area contributed by atoms with Gasteiger partial charge >= 0.3 is 0 Å². The number of aromatic nitrogens is 2. The van der Waals surface area contributed by atoms with E-state index < -0.39 is 0 Å². The minimum Gasteiger partial charge on any atom is -0.497 e. The molecule has 1 saturated heterocycles. The molecule has 1 unspecified atom stereocenters. The summed E-state index contributed by atoms with van der Waals surface area (Å²) in [4.78, 5) is 14.1. The molecular formula is C23H26N4O2. The van der Waals surface area contributed by atoms with Gasteiger partial charge in [0.2, 0.25) is 5.91 Å². The SMILES string of the molecule is COc1ccc(-c2nn(-c3ccccc3)cc2CN2CCCCC2C(N)=O)cc1. The molecule has 1 aliphatic rings. The van der Waals surface area contributed by atoms with E-state index in [1.165, 1.54) is 0 Å². The van der Waals surface area contributed by atoms with Gasteiger partial charge in [-0.2, -0.15) is 5.10 Å². The van der Waals surface area contributed by atoms with Crippen molar-refractivity contribution in [3.63, 3.8) is 0 Å². The Balaban J connectivity index is 1.72. The van der Waals surface area contributed by atoms with Crippen molar-refractivity contribution in [3.05, 3.63) is 66.4 Å². The summed E-state index contributed by atoms with van der Waals surface area (Å²) in [7, 11) is 1.66. The summed E-state index contributed by atoms with van der Waals surface area (Å²) < 4.78 is 7.19. The summed E-state index contributed by atoms with van der Waals surface area (Å²) in [5.41, 5.74) is 9.67. The van der Waals surface area contributed by atoms with E-state index in [9.17, 15) is 4.79 Å². The topological polar surface area (TPSA) is 73.4 Å². The average molecular weight is 390 g/mol. The fourth-order valence-corrected chi connectivity index (χ4v) is 3.95. The average Bonchev–Trinajstić information content (AvgIpc) is 3.18. The molecule has 1 aliphatic heterocycles. The van der Waals surface area contributed by atoms with Crippen LogP contribution >= 0.6 is 0 Å². The van der Waals surface area contributed by atoms with Gasteiger partial charge in [-0.15, -0.1) is 0 Å². The molecule has 0 bridgehead atoms. The number of piperidine rings is 1. The van der Waals surface area contributed by atoms with Crippen molar-refractivity contribution >= 4 is 5.91 Å². The lowest BCUT2D eigenvalue weighted by Gasteiger charge is -2.33. The maximum atomic E-state index is 12.0. The number of hydrogen-bond acceptors (Lipinski definition) is 4. The zero-order chi connectivity index (χ0) is 20.2. The normalized spacial score (nSPS) is 17.2. The van der Waals surface area contributed by atoms with Gasteiger partial charge in [0.25, 0.3) is 0 Å². The zero-order valence-corrected chi connectivity index (χ0v) is 16.6. The Labute approximate surface area is 170 Å². The second-order valence-corrected chi connectivity index (χ2v) is 7.40. The van der Waals surface area contributed by atoms with Crippen LogP contribution in [-0.2, 0) is 11.3 Å². The van der Waals surface area contributed by atoms with Gasteiger partial charge in [-0.3, -0.25) is 9.69 Å². The first-order valence-electron chi connectivity index (χ1n) is 9.97. The van der Waals surface area contributed by atoms with Crippen molar-refractivity contribution in [2.75, 3.05) is 13.7 Å². The second-order valence-electron chi connectivity index (χ2n) is 7.40. The number of methoxy groups -OCH3 is 1. The molecule has 2 heterocycles. The predicted molar refractivity (Wildman–Crippen MR) is 113 cm³/mol. The molecule has 150 valence electrons. The molecule has 6 heteroatoms. The third-order valence-electron chi connectivity index (χ3n) is 5.49. The minimum absolute atomic E-state index is 0.215. The van der Waals surface area contributed by atoms with E-state index in [0.717, 1.165) is 54.1 Å². The van der Waals surface area contributed by atoms with Crippen LogP contribution in [0, 0.1) is 0 Å². The summed E-state index contributed by atoms with van der Waals surface area (Å²) in [5, 5.41) is 4.87. The number of hydrogen-bond donors (Lipinski definition) is 1. The lowest BCUT2D eigenvalue weighted by Crippen LogP contribution is -2.47. The number of benzene rings is 2. The standard InChI is InChI=1S/C23H26N4O2/c1-29-20-12-10-17(11-13-20)22-18(15-26-14-6-5-9-21(26)23(24)28)16-27(25-22)19-7-3-2-4-8-19/h2-4,7-8,10-13,16,21H,5-6,9,14-15H2,1H3,(H2,24,28). The van der Waals surface area contributed by atoms with Gasteiger partial charge in [0, 0.05) is 23.9 Å². The van der Waals surface area contributed by atoms with Crippen LogP contribution in [-0.4, -0.2) is 40.3 Å². The van der Waals surface area contributed by atoms with E-state index in [2.05, 4.69) is 11.1 Å². The number of para-hydroxylation sites is 1. The molecule has 2 N–H and O–H groups in total. The molecule has 2 aromatic carbocycles. The third-order valence-corrected chi connectivity index (χ3v) is 5.49. The van der Waals surface area contributed by atoms with Crippen molar-refractivity contribution in [3.8, 4) is 22.7 Å². The predicted octanol–water partition coefficient (Wildman–Crippen LogP) is 3.39. The molecule has 3 aromatic rings. The molecule has 4 rings (SSSR count). The van der Waals surface area contributed by atoms with E-state index in [4.69, 9.17) is 15.6 Å². The van der Waals surface area contributed by atoms with Crippen LogP contribution in [0.4, 0.5) is 0 Å². The van der Waals surface area contributed by atoms with Gasteiger partial charge < -0.3 is 10.5 Å². The Bertz CT molecular complexity index is 966. The van der Waals surface area contributed by atoms with Gasteiger partial charge in [-0.25, -0.2) is 4.68 Å². The van der Waals surface area contributed by atoms with Crippen LogP contribution < -0.4 is 10.5 Å². The summed E-state index contributed by atoms with van der Waals surface area (Å²) in [6.45, 7) is 1.51. The molecule has 29 heavy (non-hydrogen) atoms. The number of primary amides is 1. The summed E-state index contributed by atoms with van der Waals surface area (Å²) >= 11 is 0. The second kappa shape index (κ2) is 8.49. The number of rotatable bonds is 6. The Morgan fingerprint density at radius 3 is 2.59 bits per heavy atom. The number of carbonyl (C=O) groups excluding carboxylic acids is 1. The molecule has 0 spiro atoms. The molecule has 0 saturated carbocycles. The quantitative estimate of drug-likeness (QED) is 0.700. The van der Waals surface area contributed by atoms with Crippen LogP contribution in [0.2, 0.25) is 0 Å². The highest BCUT2D eigenvalue weighted by atomic mass is 16.5. The molecule has 6 nitrogen and oxygen atoms in total. The van der Waals surface area contributed by atoms with Gasteiger partial charge in [0.05, 0.1) is 24.5 Å². The summed E-state index contributed by atoms with van der Waals surface area (Å²) in [6.07, 6.45) is 4.99. The molecule has 0 radical (unpaired) electrons. The van der Waals surface area contributed by atoms with Crippen LogP contribution in [0.25, 0.3) is 16.9 Å². The van der Waals surface area contributed by atoms with Crippen molar-refractivity contribution in [2.45, 2.75) is 31.8 Å². The Kier molecular flexibility index (Phi) is 5.62. The first kappa shape index (κ1) is 19.2. The minimum atomic E-state index is -0.244. The molecule has 1 fully saturated rings. The van der Waals surface area contributed by atoms with E-state index in [1.807, 2.05) is 59.3 Å². The molecule has 1 atom stereocenters. The fourth-order valence-electron chi connectivity index (χ4n) is 3.95. The Morgan fingerprint density at radius 2 is 1.90 bits per heavy atom. The number of nitrogens with two attached hydrogens (primary N) is 1. The lowest BCUT2D eigenvalue weighted by molar-refractivity contribution is -0.124. The Hall–Kier alpha value is -3.12. The summed E-state index contributed by atoms with van der Waals surface area (Å²) in [5.74, 6) is 0.564. The fraction of sp³-hybridized carbons (Fsp3) is 0.304. The highest BCUT2D eigenvalue weighted by Crippen LogP contribution is 2.28. The van der Waals surface area contributed by atoms with Crippen molar-refractivity contribution in [1.82, 2.24) is 14.7 Å². The summed E-state index contributed by atoms with van der Waals surface area (Å²) in [6, 6.07) is 17.7. The number of carbonyl (C=O) groups is 1. The first-order valence-corrected chi connectivity index (χ1v) is 9.97. The van der Waals surface area contributed by atoms with Crippen LogP contribution in [0.5, 0.6) is 5.75 Å². The molecule has 1 amide bonds. The maximum Gasteiger partial charge on any atom is 0.234 e. The smallest absolute Gasteiger partial charge is 0.234 e. The van der Waals surface area contributed by atoms with Gasteiger partial charge in [0.1, 0.15) is 5.75 Å². The highest BCUT2D eigenvalue weighted by molar-refractivity contribution is 5.80. The van der Waals surface area contributed by atoms with Crippen molar-refractivity contribution in [2.24, 2.45) is 5.73 Å². The Morgan fingerprint density at radius 1 is 1.14 bits per heavy atom. The van der Waals surface area contributed by atoms with E-state index in [1.54, 1.807) is 7.11 Å². The zero-order valence-electron chi connectivity index (χ0n) is 16.6. The number of likely N-dealkylation sites (tertiary alicyclic amines) is 1. The maximum absolute atomic E-state index is 12.0. The third kappa shape index (κ3) is 4.17. The first-order chi connectivity index (χ1) is 14.2. The highest BCUT2D eigenvalue weighted by Gasteiger charge is 2.28.